The van der Waals surface area contributed by atoms with Crippen molar-refractivity contribution in [1.29, 1.82) is 0 Å². The van der Waals surface area contributed by atoms with Crippen LogP contribution in [0.4, 0.5) is 5.82 Å². The molecule has 2 aromatic heterocycles. The van der Waals surface area contributed by atoms with Crippen molar-refractivity contribution in [3.63, 3.8) is 0 Å². The zero-order valence-electron chi connectivity index (χ0n) is 16.5. The molecule has 3 aromatic rings. The van der Waals surface area contributed by atoms with E-state index in [1.165, 1.54) is 11.8 Å². The van der Waals surface area contributed by atoms with Gasteiger partial charge >= 0.3 is 5.82 Å². The lowest BCUT2D eigenvalue weighted by molar-refractivity contribution is -0.392. The van der Waals surface area contributed by atoms with E-state index in [-0.39, 0.29) is 11.2 Å². The molecule has 0 aliphatic rings. The van der Waals surface area contributed by atoms with Gasteiger partial charge in [-0.05, 0) is 28.0 Å². The fraction of sp³-hybridized carbons (Fsp3) is 0.421. The summed E-state index contributed by atoms with van der Waals surface area (Å²) < 4.78 is 8.97. The molecule has 0 radical (unpaired) electrons. The highest BCUT2D eigenvalue weighted by Gasteiger charge is 2.17. The van der Waals surface area contributed by atoms with Crippen LogP contribution < -0.4 is 4.74 Å². The third-order valence-corrected chi connectivity index (χ3v) is 4.47. The summed E-state index contributed by atoms with van der Waals surface area (Å²) in [5.74, 6) is 1.33. The lowest BCUT2D eigenvalue weighted by Gasteiger charge is -2.19. The van der Waals surface area contributed by atoms with E-state index in [2.05, 4.69) is 48.2 Å². The first-order chi connectivity index (χ1) is 13.2. The second-order valence-electron chi connectivity index (χ2n) is 7.61. The largest absolute Gasteiger partial charge is 0.487 e. The Morgan fingerprint density at radius 2 is 1.89 bits per heavy atom. The van der Waals surface area contributed by atoms with Gasteiger partial charge in [-0.1, -0.05) is 38.1 Å². The summed E-state index contributed by atoms with van der Waals surface area (Å²) in [6.45, 7) is 9.38. The van der Waals surface area contributed by atoms with Crippen LogP contribution in [-0.4, -0.2) is 29.5 Å². The van der Waals surface area contributed by atoms with E-state index in [1.807, 2.05) is 12.1 Å². The van der Waals surface area contributed by atoms with E-state index < -0.39 is 4.92 Å². The fourth-order valence-electron chi connectivity index (χ4n) is 2.80. The van der Waals surface area contributed by atoms with Gasteiger partial charge in [0.15, 0.2) is 5.82 Å². The molecule has 0 spiro atoms. The van der Waals surface area contributed by atoms with Crippen LogP contribution in [0.25, 0.3) is 0 Å². The van der Waals surface area contributed by atoms with E-state index in [0.29, 0.717) is 31.2 Å². The van der Waals surface area contributed by atoms with Crippen molar-refractivity contribution in [3.8, 4) is 5.75 Å². The third kappa shape index (κ3) is 4.54. The summed E-state index contributed by atoms with van der Waals surface area (Å²) in [5.41, 5.74) is 2.04. The van der Waals surface area contributed by atoms with E-state index >= 15 is 0 Å². The number of benzene rings is 1. The van der Waals surface area contributed by atoms with E-state index in [0.717, 1.165) is 5.75 Å². The molecule has 0 fully saturated rings. The molecule has 148 valence electrons. The number of ether oxygens (including phenoxy) is 1. The predicted octanol–water partition coefficient (Wildman–Crippen LogP) is 3.27. The van der Waals surface area contributed by atoms with Gasteiger partial charge in [0.1, 0.15) is 30.8 Å². The van der Waals surface area contributed by atoms with Gasteiger partial charge in [0.25, 0.3) is 0 Å². The summed E-state index contributed by atoms with van der Waals surface area (Å²) in [6.07, 6.45) is 3.04. The topological polar surface area (TPSA) is 101 Å². The molecule has 0 atom stereocenters. The molecule has 0 saturated carbocycles. The molecule has 0 bridgehead atoms. The average Bonchev–Trinajstić information content (AvgIpc) is 3.24. The van der Waals surface area contributed by atoms with Gasteiger partial charge in [-0.2, -0.15) is 0 Å². The van der Waals surface area contributed by atoms with Gasteiger partial charge < -0.3 is 14.9 Å². The highest BCUT2D eigenvalue weighted by molar-refractivity contribution is 5.31. The molecular weight excluding hydrogens is 360 g/mol. The number of hydrogen-bond acceptors (Lipinski definition) is 6. The maximum absolute atomic E-state index is 11.0. The maximum atomic E-state index is 11.0. The SMILES string of the molecule is Cc1ncc([N+](=O)[O-])n1CCn1cc(COc2ccc(C(C)(C)C)cc2)nn1. The van der Waals surface area contributed by atoms with Gasteiger partial charge in [-0.25, -0.2) is 14.2 Å². The third-order valence-electron chi connectivity index (χ3n) is 4.47. The van der Waals surface area contributed by atoms with Crippen molar-refractivity contribution in [2.75, 3.05) is 0 Å². The monoisotopic (exact) mass is 384 g/mol. The van der Waals surface area contributed by atoms with Crippen molar-refractivity contribution in [1.82, 2.24) is 24.5 Å². The van der Waals surface area contributed by atoms with Crippen molar-refractivity contribution in [2.45, 2.75) is 52.8 Å². The molecule has 0 aliphatic carbocycles. The fourth-order valence-corrected chi connectivity index (χ4v) is 2.80. The molecule has 0 N–H and O–H groups in total. The van der Waals surface area contributed by atoms with Gasteiger partial charge in [0.05, 0.1) is 12.7 Å². The second-order valence-corrected chi connectivity index (χ2v) is 7.61. The molecule has 0 amide bonds. The maximum Gasteiger partial charge on any atom is 0.342 e. The lowest BCUT2D eigenvalue weighted by Crippen LogP contribution is -2.11. The van der Waals surface area contributed by atoms with Gasteiger partial charge in [-0.3, -0.25) is 0 Å². The number of hydrogen-bond donors (Lipinski definition) is 0. The van der Waals surface area contributed by atoms with Crippen LogP contribution in [0.15, 0.2) is 36.7 Å². The number of aromatic nitrogens is 5. The van der Waals surface area contributed by atoms with Crippen molar-refractivity contribution >= 4 is 5.82 Å². The number of nitrogens with zero attached hydrogens (tertiary/aromatic N) is 6. The molecule has 1 aromatic carbocycles. The van der Waals surface area contributed by atoms with Crippen molar-refractivity contribution < 1.29 is 9.66 Å². The Morgan fingerprint density at radius 3 is 2.54 bits per heavy atom. The number of nitro groups is 1. The standard InChI is InChI=1S/C19H24N6O3/c1-14-20-11-18(25(26)27)24(14)10-9-23-12-16(21-22-23)13-28-17-7-5-15(6-8-17)19(2,3)4/h5-8,11-12H,9-10,13H2,1-4H3. The number of rotatable bonds is 7. The van der Waals surface area contributed by atoms with Crippen LogP contribution in [0.1, 0.15) is 37.9 Å². The summed E-state index contributed by atoms with van der Waals surface area (Å²) in [4.78, 5) is 14.6. The molecule has 2 heterocycles. The summed E-state index contributed by atoms with van der Waals surface area (Å²) in [6, 6.07) is 8.02. The lowest BCUT2D eigenvalue weighted by atomic mass is 9.87. The zero-order chi connectivity index (χ0) is 20.3. The van der Waals surface area contributed by atoms with Gasteiger partial charge in [-0.15, -0.1) is 5.10 Å². The summed E-state index contributed by atoms with van der Waals surface area (Å²) in [7, 11) is 0. The van der Waals surface area contributed by atoms with Gasteiger partial charge in [0, 0.05) is 6.92 Å². The average molecular weight is 384 g/mol. The van der Waals surface area contributed by atoms with Crippen LogP contribution in [0.2, 0.25) is 0 Å². The van der Waals surface area contributed by atoms with E-state index in [1.54, 1.807) is 22.4 Å². The molecule has 28 heavy (non-hydrogen) atoms. The Balaban J connectivity index is 1.56. The molecular formula is C19H24N6O3. The normalized spacial score (nSPS) is 11.6. The molecule has 0 aliphatic heterocycles. The van der Waals surface area contributed by atoms with Crippen LogP contribution in [-0.2, 0) is 25.1 Å². The molecule has 0 unspecified atom stereocenters. The Bertz CT molecular complexity index is 953. The van der Waals surface area contributed by atoms with E-state index in [4.69, 9.17) is 4.74 Å². The quantitative estimate of drug-likeness (QED) is 0.458. The zero-order valence-corrected chi connectivity index (χ0v) is 16.5. The van der Waals surface area contributed by atoms with Crippen LogP contribution in [0, 0.1) is 17.0 Å². The minimum Gasteiger partial charge on any atom is -0.487 e. The van der Waals surface area contributed by atoms with E-state index in [9.17, 15) is 10.1 Å². The van der Waals surface area contributed by atoms with Crippen LogP contribution >= 0.6 is 0 Å². The summed E-state index contributed by atoms with van der Waals surface area (Å²) in [5, 5.41) is 19.2. The van der Waals surface area contributed by atoms with Crippen molar-refractivity contribution in [3.05, 3.63) is 63.9 Å². The first-order valence-corrected chi connectivity index (χ1v) is 9.03. The Hall–Kier alpha value is -3.23. The van der Waals surface area contributed by atoms with Gasteiger partial charge in [0.2, 0.25) is 0 Å². The molecule has 0 saturated heterocycles. The highest BCUT2D eigenvalue weighted by atomic mass is 16.6. The minimum atomic E-state index is -0.439. The molecule has 9 heteroatoms. The first kappa shape index (κ1) is 19.5. The van der Waals surface area contributed by atoms with Crippen LogP contribution in [0.5, 0.6) is 5.75 Å². The summed E-state index contributed by atoms with van der Waals surface area (Å²) >= 11 is 0. The molecule has 9 nitrogen and oxygen atoms in total. The highest BCUT2D eigenvalue weighted by Crippen LogP contribution is 2.24. The number of imidazole rings is 1. The second kappa shape index (κ2) is 7.79. The minimum absolute atomic E-state index is 0.0279. The smallest absolute Gasteiger partial charge is 0.342 e. The van der Waals surface area contributed by atoms with Crippen molar-refractivity contribution in [2.24, 2.45) is 0 Å². The Labute approximate surface area is 163 Å². The number of aryl methyl sites for hydroxylation is 2. The Morgan fingerprint density at radius 1 is 1.18 bits per heavy atom. The molecule has 3 rings (SSSR count). The first-order valence-electron chi connectivity index (χ1n) is 9.03. The Kier molecular flexibility index (Phi) is 5.43. The van der Waals surface area contributed by atoms with Crippen LogP contribution in [0.3, 0.4) is 0 Å². The predicted molar refractivity (Wildman–Crippen MR) is 103 cm³/mol.